The van der Waals surface area contributed by atoms with E-state index in [4.69, 9.17) is 0 Å². The molecule has 2 aromatic rings. The van der Waals surface area contributed by atoms with Gasteiger partial charge in [0, 0.05) is 29.9 Å². The van der Waals surface area contributed by atoms with Crippen LogP contribution >= 0.6 is 11.3 Å². The van der Waals surface area contributed by atoms with Crippen LogP contribution in [-0.4, -0.2) is 24.1 Å². The van der Waals surface area contributed by atoms with Gasteiger partial charge in [0.15, 0.2) is 0 Å². The first-order chi connectivity index (χ1) is 11.6. The van der Waals surface area contributed by atoms with Crippen molar-refractivity contribution in [3.05, 3.63) is 45.9 Å². The van der Waals surface area contributed by atoms with Gasteiger partial charge < -0.3 is 15.5 Å². The molecule has 0 saturated carbocycles. The minimum Gasteiger partial charge on any atom is -0.372 e. The van der Waals surface area contributed by atoms with Gasteiger partial charge in [-0.25, -0.2) is 9.78 Å². The molecule has 1 fully saturated rings. The van der Waals surface area contributed by atoms with Crippen LogP contribution in [0.5, 0.6) is 0 Å². The second kappa shape index (κ2) is 7.66. The highest BCUT2D eigenvalue weighted by molar-refractivity contribution is 7.11. The first kappa shape index (κ1) is 16.8. The van der Waals surface area contributed by atoms with E-state index >= 15 is 0 Å². The van der Waals surface area contributed by atoms with Crippen molar-refractivity contribution in [3.8, 4) is 0 Å². The van der Waals surface area contributed by atoms with Gasteiger partial charge in [-0.2, -0.15) is 0 Å². The molecule has 6 heteroatoms. The van der Waals surface area contributed by atoms with Crippen molar-refractivity contribution in [2.24, 2.45) is 0 Å². The minimum atomic E-state index is -0.165. The number of aromatic nitrogens is 1. The summed E-state index contributed by atoms with van der Waals surface area (Å²) in [7, 11) is 0. The molecule has 2 heterocycles. The first-order valence-electron chi connectivity index (χ1n) is 8.42. The van der Waals surface area contributed by atoms with Crippen LogP contribution in [-0.2, 0) is 6.54 Å². The number of amides is 2. The molecular weight excluding hydrogens is 320 g/mol. The topological polar surface area (TPSA) is 57.3 Å². The van der Waals surface area contributed by atoms with Crippen molar-refractivity contribution in [1.29, 1.82) is 0 Å². The third kappa shape index (κ3) is 4.26. The van der Waals surface area contributed by atoms with Crippen LogP contribution in [0.15, 0.2) is 30.5 Å². The van der Waals surface area contributed by atoms with E-state index in [0.29, 0.717) is 6.54 Å². The summed E-state index contributed by atoms with van der Waals surface area (Å²) < 4.78 is 0. The summed E-state index contributed by atoms with van der Waals surface area (Å²) in [5, 5.41) is 6.79. The molecule has 1 aromatic heterocycles. The number of carbonyl (C=O) groups excluding carboxylic acids is 1. The van der Waals surface area contributed by atoms with Crippen molar-refractivity contribution < 1.29 is 4.79 Å². The van der Waals surface area contributed by atoms with E-state index in [1.54, 1.807) is 11.3 Å². The Hall–Kier alpha value is -2.08. The number of thiazole rings is 1. The smallest absolute Gasteiger partial charge is 0.315 e. The Morgan fingerprint density at radius 3 is 2.88 bits per heavy atom. The number of hydrogen-bond acceptors (Lipinski definition) is 4. The van der Waals surface area contributed by atoms with Crippen molar-refractivity contribution in [3.63, 3.8) is 0 Å². The fraction of sp³-hybridized carbons (Fsp3) is 0.444. The minimum absolute atomic E-state index is 0.0365. The number of anilines is 1. The standard InChI is InChI=1S/C18H24N4OS/c1-13-11-19-17(24-13)12-20-18(23)21-14(2)15-6-5-7-16(10-15)22-8-3-4-9-22/h5-7,10-11,14H,3-4,8-9,12H2,1-2H3,(H2,20,21,23)/t14-/m1/s1. The highest BCUT2D eigenvalue weighted by atomic mass is 32.1. The zero-order chi connectivity index (χ0) is 16.9. The quantitative estimate of drug-likeness (QED) is 0.871. The van der Waals surface area contributed by atoms with Crippen LogP contribution in [0.3, 0.4) is 0 Å². The summed E-state index contributed by atoms with van der Waals surface area (Å²) in [5.74, 6) is 0. The number of urea groups is 1. The molecule has 5 nitrogen and oxygen atoms in total. The summed E-state index contributed by atoms with van der Waals surface area (Å²) in [6.07, 6.45) is 4.35. The number of aryl methyl sites for hydroxylation is 1. The van der Waals surface area contributed by atoms with Gasteiger partial charge in [-0.3, -0.25) is 0 Å². The van der Waals surface area contributed by atoms with Gasteiger partial charge in [-0.1, -0.05) is 12.1 Å². The largest absolute Gasteiger partial charge is 0.372 e. The fourth-order valence-electron chi connectivity index (χ4n) is 2.94. The van der Waals surface area contributed by atoms with Crippen molar-refractivity contribution in [1.82, 2.24) is 15.6 Å². The van der Waals surface area contributed by atoms with Crippen LogP contribution in [0, 0.1) is 6.92 Å². The molecule has 3 rings (SSSR count). The number of nitrogens with zero attached hydrogens (tertiary/aromatic N) is 2. The van der Waals surface area contributed by atoms with Gasteiger partial charge in [0.2, 0.25) is 0 Å². The molecule has 0 aliphatic carbocycles. The van der Waals surface area contributed by atoms with Crippen LogP contribution in [0.4, 0.5) is 10.5 Å². The maximum Gasteiger partial charge on any atom is 0.315 e. The second-order valence-corrected chi connectivity index (χ2v) is 7.52. The number of carbonyl (C=O) groups is 1. The van der Waals surface area contributed by atoms with E-state index in [2.05, 4.69) is 44.8 Å². The van der Waals surface area contributed by atoms with E-state index in [1.807, 2.05) is 20.0 Å². The highest BCUT2D eigenvalue weighted by Gasteiger charge is 2.15. The molecule has 1 aromatic carbocycles. The lowest BCUT2D eigenvalue weighted by Crippen LogP contribution is -2.36. The summed E-state index contributed by atoms with van der Waals surface area (Å²) >= 11 is 1.60. The van der Waals surface area contributed by atoms with Crippen molar-refractivity contribution >= 4 is 23.1 Å². The average molecular weight is 344 g/mol. The lowest BCUT2D eigenvalue weighted by Gasteiger charge is -2.20. The Morgan fingerprint density at radius 2 is 2.17 bits per heavy atom. The van der Waals surface area contributed by atoms with Crippen LogP contribution in [0.25, 0.3) is 0 Å². The Kier molecular flexibility index (Phi) is 5.35. The van der Waals surface area contributed by atoms with Crippen LogP contribution in [0.2, 0.25) is 0 Å². The molecule has 0 bridgehead atoms. The molecule has 1 aliphatic rings. The third-order valence-corrected chi connectivity index (χ3v) is 5.17. The Morgan fingerprint density at radius 1 is 1.38 bits per heavy atom. The van der Waals surface area contributed by atoms with Gasteiger partial charge in [0.05, 0.1) is 12.6 Å². The molecule has 24 heavy (non-hydrogen) atoms. The molecule has 0 spiro atoms. The Labute approximate surface area is 147 Å². The molecule has 0 radical (unpaired) electrons. The van der Waals surface area contributed by atoms with Gasteiger partial charge in [0.25, 0.3) is 0 Å². The van der Waals surface area contributed by atoms with E-state index in [9.17, 15) is 4.79 Å². The molecule has 2 amide bonds. The maximum absolute atomic E-state index is 12.1. The van der Waals surface area contributed by atoms with Gasteiger partial charge in [0.1, 0.15) is 5.01 Å². The van der Waals surface area contributed by atoms with E-state index in [0.717, 1.165) is 28.5 Å². The normalized spacial score (nSPS) is 15.3. The second-order valence-electron chi connectivity index (χ2n) is 6.20. The summed E-state index contributed by atoms with van der Waals surface area (Å²) in [4.78, 5) is 19.9. The zero-order valence-electron chi connectivity index (χ0n) is 14.2. The van der Waals surface area contributed by atoms with E-state index in [1.165, 1.54) is 18.5 Å². The molecule has 0 unspecified atom stereocenters. The van der Waals surface area contributed by atoms with E-state index in [-0.39, 0.29) is 12.1 Å². The number of nitrogens with one attached hydrogen (secondary N) is 2. The van der Waals surface area contributed by atoms with Crippen LogP contribution in [0.1, 0.15) is 41.3 Å². The van der Waals surface area contributed by atoms with Crippen molar-refractivity contribution in [2.45, 2.75) is 39.3 Å². The summed E-state index contributed by atoms with van der Waals surface area (Å²) in [6, 6.07) is 8.26. The molecule has 1 saturated heterocycles. The number of rotatable bonds is 5. The third-order valence-electron chi connectivity index (χ3n) is 4.26. The summed E-state index contributed by atoms with van der Waals surface area (Å²) in [5.41, 5.74) is 2.37. The molecule has 1 atom stereocenters. The van der Waals surface area contributed by atoms with Crippen molar-refractivity contribution in [2.75, 3.05) is 18.0 Å². The van der Waals surface area contributed by atoms with Gasteiger partial charge in [-0.15, -0.1) is 11.3 Å². The molecule has 2 N–H and O–H groups in total. The first-order valence-corrected chi connectivity index (χ1v) is 9.24. The Balaban J connectivity index is 1.54. The predicted octanol–water partition coefficient (Wildman–Crippen LogP) is 3.61. The number of benzene rings is 1. The van der Waals surface area contributed by atoms with Gasteiger partial charge in [-0.05, 0) is 44.4 Å². The Bertz CT molecular complexity index is 694. The maximum atomic E-state index is 12.1. The number of hydrogen-bond donors (Lipinski definition) is 2. The lowest BCUT2D eigenvalue weighted by molar-refractivity contribution is 0.237. The fourth-order valence-corrected chi connectivity index (χ4v) is 3.66. The van der Waals surface area contributed by atoms with Gasteiger partial charge >= 0.3 is 6.03 Å². The monoisotopic (exact) mass is 344 g/mol. The van der Waals surface area contributed by atoms with Crippen LogP contribution < -0.4 is 15.5 Å². The molecule has 1 aliphatic heterocycles. The highest BCUT2D eigenvalue weighted by Crippen LogP contribution is 2.23. The SMILES string of the molecule is Cc1cnc(CNC(=O)N[C@H](C)c2cccc(N3CCCC3)c2)s1. The molecular formula is C18H24N4OS. The van der Waals surface area contributed by atoms with E-state index < -0.39 is 0 Å². The summed E-state index contributed by atoms with van der Waals surface area (Å²) in [6.45, 7) is 6.73. The average Bonchev–Trinajstić information content (AvgIpc) is 3.24. The lowest BCUT2D eigenvalue weighted by atomic mass is 10.1. The molecule has 128 valence electrons. The zero-order valence-corrected chi connectivity index (χ0v) is 15.0. The predicted molar refractivity (Wildman–Crippen MR) is 98.5 cm³/mol.